The SMILES string of the molecule is CCCOc1ccc(OC)cc1Cl. The summed E-state index contributed by atoms with van der Waals surface area (Å²) in [7, 11) is 1.61. The molecule has 0 aliphatic rings. The van der Waals surface area contributed by atoms with E-state index in [1.807, 2.05) is 12.1 Å². The van der Waals surface area contributed by atoms with Gasteiger partial charge in [0.2, 0.25) is 0 Å². The average molecular weight is 201 g/mol. The van der Waals surface area contributed by atoms with E-state index >= 15 is 0 Å². The molecule has 0 aliphatic heterocycles. The van der Waals surface area contributed by atoms with Gasteiger partial charge in [-0.05, 0) is 18.6 Å². The molecule has 0 aromatic heterocycles. The smallest absolute Gasteiger partial charge is 0.138 e. The molecule has 3 heteroatoms. The van der Waals surface area contributed by atoms with Crippen LogP contribution in [0.15, 0.2) is 18.2 Å². The van der Waals surface area contributed by atoms with Crippen LogP contribution in [0, 0.1) is 0 Å². The lowest BCUT2D eigenvalue weighted by molar-refractivity contribution is 0.317. The van der Waals surface area contributed by atoms with Crippen LogP contribution in [-0.2, 0) is 0 Å². The molecule has 0 unspecified atom stereocenters. The van der Waals surface area contributed by atoms with Gasteiger partial charge in [0.05, 0.1) is 18.7 Å². The number of ether oxygens (including phenoxy) is 2. The number of rotatable bonds is 4. The minimum absolute atomic E-state index is 0.591. The summed E-state index contributed by atoms with van der Waals surface area (Å²) >= 11 is 5.94. The van der Waals surface area contributed by atoms with Gasteiger partial charge in [-0.15, -0.1) is 0 Å². The number of hydrogen-bond donors (Lipinski definition) is 0. The van der Waals surface area contributed by atoms with Crippen LogP contribution in [-0.4, -0.2) is 13.7 Å². The molecule has 72 valence electrons. The maximum atomic E-state index is 5.94. The standard InChI is InChI=1S/C10H13ClO2/c1-3-6-13-10-5-4-8(12-2)7-9(10)11/h4-5,7H,3,6H2,1-2H3. The molecule has 0 saturated carbocycles. The van der Waals surface area contributed by atoms with Crippen molar-refractivity contribution < 1.29 is 9.47 Å². The van der Waals surface area contributed by atoms with Crippen molar-refractivity contribution in [3.05, 3.63) is 23.2 Å². The highest BCUT2D eigenvalue weighted by Crippen LogP contribution is 2.28. The average Bonchev–Trinajstić information content (AvgIpc) is 2.16. The first-order chi connectivity index (χ1) is 6.27. The summed E-state index contributed by atoms with van der Waals surface area (Å²) in [5.41, 5.74) is 0. The van der Waals surface area contributed by atoms with Crippen LogP contribution in [0.3, 0.4) is 0 Å². The summed E-state index contributed by atoms with van der Waals surface area (Å²) in [5.74, 6) is 1.46. The molecule has 13 heavy (non-hydrogen) atoms. The fraction of sp³-hybridized carbons (Fsp3) is 0.400. The molecule has 0 heterocycles. The first-order valence-electron chi connectivity index (χ1n) is 4.24. The fourth-order valence-corrected chi connectivity index (χ4v) is 1.16. The summed E-state index contributed by atoms with van der Waals surface area (Å²) in [6.45, 7) is 2.74. The Balaban J connectivity index is 2.73. The third kappa shape index (κ3) is 2.81. The molecule has 2 nitrogen and oxygen atoms in total. The maximum Gasteiger partial charge on any atom is 0.138 e. The highest BCUT2D eigenvalue weighted by atomic mass is 35.5. The zero-order chi connectivity index (χ0) is 9.68. The summed E-state index contributed by atoms with van der Waals surface area (Å²) in [6, 6.07) is 5.39. The predicted molar refractivity (Wildman–Crippen MR) is 53.8 cm³/mol. The minimum atomic E-state index is 0.591. The van der Waals surface area contributed by atoms with Gasteiger partial charge < -0.3 is 9.47 Å². The van der Waals surface area contributed by atoms with Crippen molar-refractivity contribution in [2.24, 2.45) is 0 Å². The Kier molecular flexibility index (Phi) is 3.90. The van der Waals surface area contributed by atoms with E-state index in [9.17, 15) is 0 Å². The van der Waals surface area contributed by atoms with E-state index in [1.54, 1.807) is 13.2 Å². The Morgan fingerprint density at radius 2 is 2.15 bits per heavy atom. The van der Waals surface area contributed by atoms with Crippen molar-refractivity contribution in [3.8, 4) is 11.5 Å². The Morgan fingerprint density at radius 1 is 1.38 bits per heavy atom. The fourth-order valence-electron chi connectivity index (χ4n) is 0.938. The first kappa shape index (κ1) is 10.2. The van der Waals surface area contributed by atoms with Gasteiger partial charge in [-0.2, -0.15) is 0 Å². The van der Waals surface area contributed by atoms with Gasteiger partial charge in [-0.3, -0.25) is 0 Å². The number of hydrogen-bond acceptors (Lipinski definition) is 2. The Labute approximate surface area is 83.4 Å². The van der Waals surface area contributed by atoms with E-state index in [4.69, 9.17) is 21.1 Å². The molecule has 0 amide bonds. The van der Waals surface area contributed by atoms with Crippen LogP contribution in [0.5, 0.6) is 11.5 Å². The van der Waals surface area contributed by atoms with Crippen molar-refractivity contribution in [2.75, 3.05) is 13.7 Å². The second-order valence-corrected chi connectivity index (χ2v) is 3.05. The van der Waals surface area contributed by atoms with E-state index in [2.05, 4.69) is 6.92 Å². The molecule has 0 fully saturated rings. The molecule has 0 bridgehead atoms. The third-order valence-electron chi connectivity index (χ3n) is 1.60. The predicted octanol–water partition coefficient (Wildman–Crippen LogP) is 3.14. The topological polar surface area (TPSA) is 18.5 Å². The monoisotopic (exact) mass is 200 g/mol. The molecule has 0 N–H and O–H groups in total. The lowest BCUT2D eigenvalue weighted by Crippen LogP contribution is -1.95. The minimum Gasteiger partial charge on any atom is -0.497 e. The third-order valence-corrected chi connectivity index (χ3v) is 1.90. The number of halogens is 1. The van der Waals surface area contributed by atoms with Crippen molar-refractivity contribution in [3.63, 3.8) is 0 Å². The van der Waals surface area contributed by atoms with E-state index in [1.165, 1.54) is 0 Å². The Morgan fingerprint density at radius 3 is 2.69 bits per heavy atom. The van der Waals surface area contributed by atoms with E-state index in [0.717, 1.165) is 12.2 Å². The summed E-state index contributed by atoms with van der Waals surface area (Å²) in [4.78, 5) is 0. The van der Waals surface area contributed by atoms with Crippen molar-refractivity contribution in [1.29, 1.82) is 0 Å². The Hall–Kier alpha value is -0.890. The quantitative estimate of drug-likeness (QED) is 0.744. The number of methoxy groups -OCH3 is 1. The van der Waals surface area contributed by atoms with Gasteiger partial charge in [0, 0.05) is 6.07 Å². The van der Waals surface area contributed by atoms with Crippen LogP contribution < -0.4 is 9.47 Å². The first-order valence-corrected chi connectivity index (χ1v) is 4.62. The molecule has 1 rings (SSSR count). The van der Waals surface area contributed by atoms with E-state index in [0.29, 0.717) is 17.4 Å². The van der Waals surface area contributed by atoms with Crippen LogP contribution in [0.4, 0.5) is 0 Å². The Bertz CT molecular complexity index is 274. The molecule has 0 spiro atoms. The van der Waals surface area contributed by atoms with Gasteiger partial charge in [0.1, 0.15) is 11.5 Å². The van der Waals surface area contributed by atoms with Crippen molar-refractivity contribution >= 4 is 11.6 Å². The zero-order valence-corrected chi connectivity index (χ0v) is 8.60. The highest BCUT2D eigenvalue weighted by Gasteiger charge is 2.01. The van der Waals surface area contributed by atoms with Crippen molar-refractivity contribution in [1.82, 2.24) is 0 Å². The number of benzene rings is 1. The van der Waals surface area contributed by atoms with Crippen LogP contribution in [0.2, 0.25) is 5.02 Å². The van der Waals surface area contributed by atoms with E-state index < -0.39 is 0 Å². The summed E-state index contributed by atoms with van der Waals surface area (Å²) in [5, 5.41) is 0.591. The van der Waals surface area contributed by atoms with E-state index in [-0.39, 0.29) is 0 Å². The normalized spacial score (nSPS) is 9.77. The lowest BCUT2D eigenvalue weighted by Gasteiger charge is -2.07. The van der Waals surface area contributed by atoms with Crippen molar-refractivity contribution in [2.45, 2.75) is 13.3 Å². The molecule has 0 saturated heterocycles. The van der Waals surface area contributed by atoms with Gasteiger partial charge in [0.25, 0.3) is 0 Å². The van der Waals surface area contributed by atoms with Crippen LogP contribution in [0.25, 0.3) is 0 Å². The van der Waals surface area contributed by atoms with Gasteiger partial charge in [0.15, 0.2) is 0 Å². The summed E-state index contributed by atoms with van der Waals surface area (Å²) in [6.07, 6.45) is 0.975. The molecular formula is C10H13ClO2. The van der Waals surface area contributed by atoms with Gasteiger partial charge >= 0.3 is 0 Å². The molecule has 0 radical (unpaired) electrons. The maximum absolute atomic E-state index is 5.94. The van der Waals surface area contributed by atoms with Crippen LogP contribution >= 0.6 is 11.6 Å². The molecule has 0 aliphatic carbocycles. The summed E-state index contributed by atoms with van der Waals surface area (Å²) < 4.78 is 10.4. The molecule has 1 aromatic carbocycles. The largest absolute Gasteiger partial charge is 0.497 e. The second kappa shape index (κ2) is 4.97. The van der Waals surface area contributed by atoms with Gasteiger partial charge in [-0.25, -0.2) is 0 Å². The highest BCUT2D eigenvalue weighted by molar-refractivity contribution is 6.32. The second-order valence-electron chi connectivity index (χ2n) is 2.64. The molecule has 1 aromatic rings. The lowest BCUT2D eigenvalue weighted by atomic mass is 10.3. The van der Waals surface area contributed by atoms with Crippen LogP contribution in [0.1, 0.15) is 13.3 Å². The van der Waals surface area contributed by atoms with Gasteiger partial charge in [-0.1, -0.05) is 18.5 Å². The zero-order valence-electron chi connectivity index (χ0n) is 7.84. The molecular weight excluding hydrogens is 188 g/mol. The molecule has 0 atom stereocenters.